The number of nitrogens with zero attached hydrogens (tertiary/aromatic N) is 1. The third-order valence-corrected chi connectivity index (χ3v) is 3.42. The van der Waals surface area contributed by atoms with E-state index in [4.69, 9.17) is 0 Å². The molecule has 0 saturated carbocycles. The summed E-state index contributed by atoms with van der Waals surface area (Å²) in [6.07, 6.45) is 1.40. The van der Waals surface area contributed by atoms with Crippen molar-refractivity contribution in [2.45, 2.75) is 25.9 Å². The van der Waals surface area contributed by atoms with Crippen molar-refractivity contribution in [1.82, 2.24) is 4.90 Å². The van der Waals surface area contributed by atoms with Gasteiger partial charge in [0.15, 0.2) is 5.78 Å². The molecule has 1 aromatic carbocycles. The molecule has 0 bridgehead atoms. The lowest BCUT2D eigenvalue weighted by molar-refractivity contribution is -0.118. The van der Waals surface area contributed by atoms with Crippen LogP contribution in [0.5, 0.6) is 0 Å². The van der Waals surface area contributed by atoms with E-state index in [1.807, 2.05) is 4.90 Å². The molecule has 1 aromatic rings. The van der Waals surface area contributed by atoms with Gasteiger partial charge in [-0.2, -0.15) is 0 Å². The van der Waals surface area contributed by atoms with Crippen LogP contribution in [-0.4, -0.2) is 47.4 Å². The van der Waals surface area contributed by atoms with E-state index < -0.39 is 0 Å². The zero-order chi connectivity index (χ0) is 14.5. The van der Waals surface area contributed by atoms with Gasteiger partial charge in [0.25, 0.3) is 0 Å². The van der Waals surface area contributed by atoms with Gasteiger partial charge in [-0.05, 0) is 50.6 Å². The van der Waals surface area contributed by atoms with Crippen LogP contribution < -0.4 is 5.32 Å². The molecule has 20 heavy (non-hydrogen) atoms. The number of hydrogen-bond acceptors (Lipinski definition) is 4. The van der Waals surface area contributed by atoms with Gasteiger partial charge in [-0.1, -0.05) is 0 Å². The van der Waals surface area contributed by atoms with E-state index in [1.165, 1.54) is 6.92 Å². The average Bonchev–Trinajstić information content (AvgIpc) is 2.39. The molecule has 5 heteroatoms. The first kappa shape index (κ1) is 14.7. The molecule has 2 N–H and O–H groups in total. The van der Waals surface area contributed by atoms with Crippen LogP contribution >= 0.6 is 0 Å². The number of anilines is 1. The van der Waals surface area contributed by atoms with Gasteiger partial charge in [-0.3, -0.25) is 14.5 Å². The zero-order valence-corrected chi connectivity index (χ0v) is 11.6. The van der Waals surface area contributed by atoms with Gasteiger partial charge in [-0.25, -0.2) is 0 Å². The predicted molar refractivity (Wildman–Crippen MR) is 76.8 cm³/mol. The number of aliphatic hydroxyl groups excluding tert-OH is 1. The number of piperidine rings is 1. The first-order valence-corrected chi connectivity index (χ1v) is 6.86. The van der Waals surface area contributed by atoms with Crippen molar-refractivity contribution in [3.8, 4) is 0 Å². The maximum absolute atomic E-state index is 11.9. The zero-order valence-electron chi connectivity index (χ0n) is 11.6. The lowest BCUT2D eigenvalue weighted by Crippen LogP contribution is -2.42. The second-order valence-electron chi connectivity index (χ2n) is 5.21. The van der Waals surface area contributed by atoms with Gasteiger partial charge in [-0.15, -0.1) is 0 Å². The molecule has 0 aliphatic carbocycles. The van der Waals surface area contributed by atoms with Crippen molar-refractivity contribution in [3.63, 3.8) is 0 Å². The highest BCUT2D eigenvalue weighted by Gasteiger charge is 2.19. The molecule has 1 unspecified atom stereocenters. The highest BCUT2D eigenvalue weighted by Crippen LogP contribution is 2.12. The minimum Gasteiger partial charge on any atom is -0.392 e. The van der Waals surface area contributed by atoms with Gasteiger partial charge >= 0.3 is 0 Å². The Morgan fingerprint density at radius 2 is 2.05 bits per heavy atom. The predicted octanol–water partition coefficient (Wildman–Crippen LogP) is 1.28. The Labute approximate surface area is 118 Å². The van der Waals surface area contributed by atoms with Crippen LogP contribution in [-0.2, 0) is 4.79 Å². The fourth-order valence-electron chi connectivity index (χ4n) is 2.37. The molecule has 1 aliphatic rings. The molecule has 1 atom stereocenters. The highest BCUT2D eigenvalue weighted by atomic mass is 16.3. The molecule has 108 valence electrons. The number of β-amino-alcohol motifs (C(OH)–C–C–N with tert-alkyl or cyclic N) is 1. The molecule has 1 amide bonds. The number of amides is 1. The van der Waals surface area contributed by atoms with Crippen molar-refractivity contribution in [3.05, 3.63) is 29.8 Å². The number of carbonyl (C=O) groups excluding carboxylic acids is 2. The minimum absolute atomic E-state index is 0.00480. The maximum atomic E-state index is 11.9. The molecule has 1 fully saturated rings. The molecule has 1 aliphatic heterocycles. The van der Waals surface area contributed by atoms with Crippen LogP contribution in [0.25, 0.3) is 0 Å². The summed E-state index contributed by atoms with van der Waals surface area (Å²) < 4.78 is 0. The van der Waals surface area contributed by atoms with Crippen LogP contribution in [0.2, 0.25) is 0 Å². The largest absolute Gasteiger partial charge is 0.392 e. The van der Waals surface area contributed by atoms with Gasteiger partial charge in [0.1, 0.15) is 0 Å². The molecule has 0 radical (unpaired) electrons. The number of nitrogens with one attached hydrogen (secondary N) is 1. The SMILES string of the molecule is CC(=O)c1ccc(NC(=O)CN2CCCC(O)C2)cc1. The van der Waals surface area contributed by atoms with Crippen LogP contribution in [0.4, 0.5) is 5.69 Å². The topological polar surface area (TPSA) is 69.6 Å². The van der Waals surface area contributed by atoms with Crippen LogP contribution in [0.1, 0.15) is 30.1 Å². The van der Waals surface area contributed by atoms with Gasteiger partial charge in [0.2, 0.25) is 5.91 Å². The van der Waals surface area contributed by atoms with Crippen molar-refractivity contribution in [2.75, 3.05) is 25.0 Å². The van der Waals surface area contributed by atoms with E-state index in [0.29, 0.717) is 17.8 Å². The fraction of sp³-hybridized carbons (Fsp3) is 0.467. The van der Waals surface area contributed by atoms with Crippen molar-refractivity contribution >= 4 is 17.4 Å². The Morgan fingerprint density at radius 3 is 2.65 bits per heavy atom. The van der Waals surface area contributed by atoms with E-state index in [-0.39, 0.29) is 24.3 Å². The summed E-state index contributed by atoms with van der Waals surface area (Å²) in [5, 5.41) is 12.4. The van der Waals surface area contributed by atoms with Crippen LogP contribution in [0, 0.1) is 0 Å². The number of rotatable bonds is 4. The maximum Gasteiger partial charge on any atom is 0.238 e. The van der Waals surface area contributed by atoms with E-state index >= 15 is 0 Å². The van der Waals surface area contributed by atoms with Crippen molar-refractivity contribution < 1.29 is 14.7 Å². The van der Waals surface area contributed by atoms with E-state index in [9.17, 15) is 14.7 Å². The van der Waals surface area contributed by atoms with E-state index in [1.54, 1.807) is 24.3 Å². The molecule has 1 heterocycles. The number of benzene rings is 1. The summed E-state index contributed by atoms with van der Waals surface area (Å²) >= 11 is 0. The molecular formula is C15H20N2O3. The second-order valence-corrected chi connectivity index (χ2v) is 5.21. The molecule has 2 rings (SSSR count). The Hall–Kier alpha value is -1.72. The molecule has 5 nitrogen and oxygen atoms in total. The van der Waals surface area contributed by atoms with E-state index in [0.717, 1.165) is 19.4 Å². The van der Waals surface area contributed by atoms with Crippen molar-refractivity contribution in [1.29, 1.82) is 0 Å². The number of hydrogen-bond donors (Lipinski definition) is 2. The molecule has 0 spiro atoms. The minimum atomic E-state index is -0.327. The fourth-order valence-corrected chi connectivity index (χ4v) is 2.37. The van der Waals surface area contributed by atoms with Gasteiger partial charge < -0.3 is 10.4 Å². The number of likely N-dealkylation sites (tertiary alicyclic amines) is 1. The summed E-state index contributed by atoms with van der Waals surface area (Å²) in [5.41, 5.74) is 1.31. The molecule has 0 aromatic heterocycles. The summed E-state index contributed by atoms with van der Waals surface area (Å²) in [6.45, 7) is 3.19. The van der Waals surface area contributed by atoms with E-state index in [2.05, 4.69) is 5.32 Å². The summed E-state index contributed by atoms with van der Waals surface area (Å²) in [4.78, 5) is 25.0. The summed E-state index contributed by atoms with van der Waals surface area (Å²) in [7, 11) is 0. The molecule has 1 saturated heterocycles. The third kappa shape index (κ3) is 4.15. The number of ketones is 1. The molecular weight excluding hydrogens is 256 g/mol. The number of Topliss-reactive ketones (excluding diaryl/α,β-unsaturated/α-hetero) is 1. The van der Waals surface area contributed by atoms with Crippen LogP contribution in [0.15, 0.2) is 24.3 Å². The standard InChI is InChI=1S/C15H20N2O3/c1-11(18)12-4-6-13(7-5-12)16-15(20)10-17-8-2-3-14(19)9-17/h4-7,14,19H,2-3,8-10H2,1H3,(H,16,20). The quantitative estimate of drug-likeness (QED) is 0.813. The van der Waals surface area contributed by atoms with Gasteiger partial charge in [0.05, 0.1) is 12.6 Å². The Morgan fingerprint density at radius 1 is 1.35 bits per heavy atom. The van der Waals surface area contributed by atoms with Crippen molar-refractivity contribution in [2.24, 2.45) is 0 Å². The first-order valence-electron chi connectivity index (χ1n) is 6.86. The average molecular weight is 276 g/mol. The number of carbonyl (C=O) groups is 2. The monoisotopic (exact) mass is 276 g/mol. The first-order chi connectivity index (χ1) is 9.54. The second kappa shape index (κ2) is 6.63. The highest BCUT2D eigenvalue weighted by molar-refractivity contribution is 5.96. The van der Waals surface area contributed by atoms with Crippen LogP contribution in [0.3, 0.4) is 0 Å². The lowest BCUT2D eigenvalue weighted by Gasteiger charge is -2.29. The normalized spacial score (nSPS) is 19.6. The lowest BCUT2D eigenvalue weighted by atomic mass is 10.1. The Kier molecular flexibility index (Phi) is 4.87. The smallest absolute Gasteiger partial charge is 0.238 e. The number of aliphatic hydroxyl groups is 1. The third-order valence-electron chi connectivity index (χ3n) is 3.42. The Bertz CT molecular complexity index is 484. The Balaban J connectivity index is 1.86. The summed E-state index contributed by atoms with van der Waals surface area (Å²) in [6, 6.07) is 6.84. The van der Waals surface area contributed by atoms with Gasteiger partial charge in [0, 0.05) is 17.8 Å². The summed E-state index contributed by atoms with van der Waals surface area (Å²) in [5.74, 6) is -0.0974.